The van der Waals surface area contributed by atoms with Crippen molar-refractivity contribution in [2.75, 3.05) is 7.11 Å². The average Bonchev–Trinajstić information content (AvgIpc) is 2.55. The Balaban J connectivity index is 2.18. The van der Waals surface area contributed by atoms with E-state index in [9.17, 15) is 20.0 Å². The summed E-state index contributed by atoms with van der Waals surface area (Å²) in [7, 11) is 1.27. The number of phenolic OH excluding ortho intramolecular Hbond substituents is 1. The average molecular weight is 394 g/mol. The fourth-order valence-electron chi connectivity index (χ4n) is 1.84. The molecule has 2 aromatic rings. The number of rotatable bonds is 5. The van der Waals surface area contributed by atoms with Crippen LogP contribution in [0.4, 0.5) is 5.69 Å². The molecule has 2 aromatic carbocycles. The van der Waals surface area contributed by atoms with Gasteiger partial charge < -0.3 is 9.84 Å². The molecule has 9 heteroatoms. The Morgan fingerprint density at radius 3 is 2.79 bits per heavy atom. The Labute approximate surface area is 145 Å². The number of hydrazone groups is 1. The van der Waals surface area contributed by atoms with E-state index in [4.69, 9.17) is 4.74 Å². The van der Waals surface area contributed by atoms with E-state index in [0.29, 0.717) is 5.56 Å². The third-order valence-electron chi connectivity index (χ3n) is 2.96. The van der Waals surface area contributed by atoms with Gasteiger partial charge in [-0.05, 0) is 24.3 Å². The number of nitro benzene ring substituents is 1. The second kappa shape index (κ2) is 7.55. The standard InChI is InChI=1S/C15H12BrN3O5/c1-24-13-6-9(5-12(14(13)20)19(22)23)8-17-18-15(21)10-3-2-4-11(16)7-10/h2-8,20H,1H3,(H,18,21)/b17-8-. The summed E-state index contributed by atoms with van der Waals surface area (Å²) in [6.45, 7) is 0. The Bertz CT molecular complexity index is 823. The molecule has 0 atom stereocenters. The van der Waals surface area contributed by atoms with Crippen LogP contribution in [0, 0.1) is 10.1 Å². The lowest BCUT2D eigenvalue weighted by molar-refractivity contribution is -0.386. The summed E-state index contributed by atoms with van der Waals surface area (Å²) >= 11 is 3.26. The number of phenols is 1. The predicted octanol–water partition coefficient (Wildman–Crippen LogP) is 2.84. The van der Waals surface area contributed by atoms with Gasteiger partial charge in [0, 0.05) is 21.7 Å². The number of nitro groups is 1. The second-order valence-electron chi connectivity index (χ2n) is 4.56. The van der Waals surface area contributed by atoms with Crippen molar-refractivity contribution >= 4 is 33.7 Å². The van der Waals surface area contributed by atoms with Crippen molar-refractivity contribution < 1.29 is 19.6 Å². The van der Waals surface area contributed by atoms with E-state index >= 15 is 0 Å². The summed E-state index contributed by atoms with van der Waals surface area (Å²) in [6.07, 6.45) is 1.21. The maximum Gasteiger partial charge on any atom is 0.315 e. The third kappa shape index (κ3) is 4.07. The van der Waals surface area contributed by atoms with Gasteiger partial charge in [0.05, 0.1) is 18.2 Å². The van der Waals surface area contributed by atoms with Crippen LogP contribution in [-0.4, -0.2) is 29.3 Å². The second-order valence-corrected chi connectivity index (χ2v) is 5.47. The van der Waals surface area contributed by atoms with Crippen molar-refractivity contribution in [3.63, 3.8) is 0 Å². The minimum atomic E-state index is -0.741. The number of nitrogens with zero attached hydrogens (tertiary/aromatic N) is 2. The molecule has 2 rings (SSSR count). The molecule has 0 aliphatic carbocycles. The summed E-state index contributed by atoms with van der Waals surface area (Å²) < 4.78 is 5.63. The van der Waals surface area contributed by atoms with Crippen LogP contribution in [0.15, 0.2) is 46.0 Å². The smallest absolute Gasteiger partial charge is 0.315 e. The first kappa shape index (κ1) is 17.4. The molecule has 0 spiro atoms. The first-order chi connectivity index (χ1) is 11.4. The molecule has 8 nitrogen and oxygen atoms in total. The Morgan fingerprint density at radius 1 is 1.42 bits per heavy atom. The highest BCUT2D eigenvalue weighted by atomic mass is 79.9. The number of methoxy groups -OCH3 is 1. The normalized spacial score (nSPS) is 10.6. The van der Waals surface area contributed by atoms with Gasteiger partial charge in [-0.2, -0.15) is 5.10 Å². The summed E-state index contributed by atoms with van der Waals surface area (Å²) in [6, 6.07) is 9.20. The highest BCUT2D eigenvalue weighted by molar-refractivity contribution is 9.10. The molecular formula is C15H12BrN3O5. The SMILES string of the molecule is COc1cc(/C=N\NC(=O)c2cccc(Br)c2)cc([N+](=O)[O-])c1O. The van der Waals surface area contributed by atoms with Gasteiger partial charge in [0.1, 0.15) is 0 Å². The van der Waals surface area contributed by atoms with Gasteiger partial charge in [-0.15, -0.1) is 0 Å². The lowest BCUT2D eigenvalue weighted by Crippen LogP contribution is -2.17. The van der Waals surface area contributed by atoms with Crippen LogP contribution < -0.4 is 10.2 Å². The van der Waals surface area contributed by atoms with E-state index in [0.717, 1.165) is 10.5 Å². The number of nitrogens with one attached hydrogen (secondary N) is 1. The molecule has 0 radical (unpaired) electrons. The maximum atomic E-state index is 11.9. The number of hydrogen-bond acceptors (Lipinski definition) is 6. The number of ether oxygens (including phenoxy) is 1. The minimum absolute atomic E-state index is 0.0658. The fraction of sp³-hybridized carbons (Fsp3) is 0.0667. The third-order valence-corrected chi connectivity index (χ3v) is 3.45. The van der Waals surface area contributed by atoms with Crippen LogP contribution in [0.5, 0.6) is 11.5 Å². The molecule has 2 N–H and O–H groups in total. The largest absolute Gasteiger partial charge is 0.500 e. The summed E-state index contributed by atoms with van der Waals surface area (Å²) in [5.74, 6) is -1.07. The molecule has 24 heavy (non-hydrogen) atoms. The molecule has 0 heterocycles. The maximum absolute atomic E-state index is 11.9. The first-order valence-corrected chi connectivity index (χ1v) is 7.36. The zero-order valence-electron chi connectivity index (χ0n) is 12.4. The molecule has 0 saturated heterocycles. The van der Waals surface area contributed by atoms with Crippen molar-refractivity contribution in [1.82, 2.24) is 5.43 Å². The van der Waals surface area contributed by atoms with Gasteiger partial charge in [0.25, 0.3) is 5.91 Å². The van der Waals surface area contributed by atoms with E-state index in [1.54, 1.807) is 24.3 Å². The molecule has 0 saturated carbocycles. The topological polar surface area (TPSA) is 114 Å². The Morgan fingerprint density at radius 2 is 2.17 bits per heavy atom. The number of benzene rings is 2. The number of carbonyl (C=O) groups is 1. The Kier molecular flexibility index (Phi) is 5.48. The molecule has 0 bridgehead atoms. The quantitative estimate of drug-likeness (QED) is 0.460. The zero-order chi connectivity index (χ0) is 17.7. The van der Waals surface area contributed by atoms with Crippen LogP contribution in [0.1, 0.15) is 15.9 Å². The molecule has 0 aliphatic heterocycles. The van der Waals surface area contributed by atoms with Crippen LogP contribution in [0.3, 0.4) is 0 Å². The van der Waals surface area contributed by atoms with Gasteiger partial charge in [-0.1, -0.05) is 22.0 Å². The number of carbonyl (C=O) groups excluding carboxylic acids is 1. The zero-order valence-corrected chi connectivity index (χ0v) is 14.0. The van der Waals surface area contributed by atoms with Crippen molar-refractivity contribution in [2.24, 2.45) is 5.10 Å². The van der Waals surface area contributed by atoms with E-state index in [1.165, 1.54) is 19.4 Å². The molecule has 124 valence electrons. The van der Waals surface area contributed by atoms with Crippen molar-refractivity contribution in [3.05, 3.63) is 62.1 Å². The van der Waals surface area contributed by atoms with E-state index < -0.39 is 22.3 Å². The van der Waals surface area contributed by atoms with Crippen LogP contribution in [-0.2, 0) is 0 Å². The van der Waals surface area contributed by atoms with E-state index in [-0.39, 0.29) is 11.3 Å². The number of aromatic hydroxyl groups is 1. The van der Waals surface area contributed by atoms with Crippen LogP contribution in [0.2, 0.25) is 0 Å². The van der Waals surface area contributed by atoms with E-state index in [2.05, 4.69) is 26.5 Å². The molecule has 0 aromatic heterocycles. The minimum Gasteiger partial charge on any atom is -0.500 e. The Hall–Kier alpha value is -2.94. The van der Waals surface area contributed by atoms with E-state index in [1.807, 2.05) is 0 Å². The van der Waals surface area contributed by atoms with Gasteiger partial charge in [-0.3, -0.25) is 14.9 Å². The van der Waals surface area contributed by atoms with Gasteiger partial charge >= 0.3 is 5.69 Å². The highest BCUT2D eigenvalue weighted by Crippen LogP contribution is 2.36. The lowest BCUT2D eigenvalue weighted by Gasteiger charge is -2.05. The first-order valence-electron chi connectivity index (χ1n) is 6.56. The monoisotopic (exact) mass is 393 g/mol. The van der Waals surface area contributed by atoms with Gasteiger partial charge in [0.2, 0.25) is 5.75 Å². The highest BCUT2D eigenvalue weighted by Gasteiger charge is 2.19. The fourth-order valence-corrected chi connectivity index (χ4v) is 2.24. The van der Waals surface area contributed by atoms with Gasteiger partial charge in [0.15, 0.2) is 5.75 Å². The molecule has 1 amide bonds. The van der Waals surface area contributed by atoms with Crippen molar-refractivity contribution in [1.29, 1.82) is 0 Å². The molecular weight excluding hydrogens is 382 g/mol. The van der Waals surface area contributed by atoms with Crippen molar-refractivity contribution in [3.8, 4) is 11.5 Å². The summed E-state index contributed by atoms with van der Waals surface area (Å²) in [5, 5.41) is 24.4. The molecule has 0 aliphatic rings. The number of hydrogen-bond donors (Lipinski definition) is 2. The van der Waals surface area contributed by atoms with Crippen LogP contribution >= 0.6 is 15.9 Å². The van der Waals surface area contributed by atoms with Crippen molar-refractivity contribution in [2.45, 2.75) is 0 Å². The lowest BCUT2D eigenvalue weighted by atomic mass is 10.2. The number of amides is 1. The summed E-state index contributed by atoms with van der Waals surface area (Å²) in [5.41, 5.74) is 2.47. The number of halogens is 1. The summed E-state index contributed by atoms with van der Waals surface area (Å²) in [4.78, 5) is 22.1. The molecule has 0 fully saturated rings. The van der Waals surface area contributed by atoms with Crippen LogP contribution in [0.25, 0.3) is 0 Å². The molecule has 0 unspecified atom stereocenters. The van der Waals surface area contributed by atoms with Gasteiger partial charge in [-0.25, -0.2) is 5.43 Å². The predicted molar refractivity (Wildman–Crippen MR) is 90.5 cm³/mol.